The number of ether oxygens (including phenoxy) is 4. The van der Waals surface area contributed by atoms with Gasteiger partial charge >= 0.3 is 0 Å². The fourth-order valence-corrected chi connectivity index (χ4v) is 6.21. The fourth-order valence-electron chi connectivity index (χ4n) is 6.21. The van der Waals surface area contributed by atoms with Gasteiger partial charge in [-0.1, -0.05) is 26.7 Å². The molecule has 4 saturated heterocycles. The van der Waals surface area contributed by atoms with Crippen LogP contribution in [0.5, 0.6) is 0 Å². The Kier molecular flexibility index (Phi) is 14.9. The van der Waals surface area contributed by atoms with Gasteiger partial charge < -0.3 is 44.5 Å². The van der Waals surface area contributed by atoms with Crippen LogP contribution in [0.1, 0.15) is 97.8 Å². The summed E-state index contributed by atoms with van der Waals surface area (Å²) in [6, 6.07) is 0. The number of hydrogen-bond acceptors (Lipinski definition) is 9. The smallest absolute Gasteiger partial charge is 0.125 e. The monoisotopic (exact) mass is 544 g/mol. The van der Waals surface area contributed by atoms with E-state index < -0.39 is 11.2 Å². The maximum atomic E-state index is 9.73. The van der Waals surface area contributed by atoms with Gasteiger partial charge in [-0.2, -0.15) is 0 Å². The average Bonchev–Trinajstić information content (AvgIpc) is 3.47. The lowest BCUT2D eigenvalue weighted by atomic mass is 9.86. The van der Waals surface area contributed by atoms with Crippen LogP contribution >= 0.6 is 0 Å². The molecule has 0 spiro atoms. The minimum Gasteiger partial charge on any atom is -0.462 e. The number of hydrogen-bond donors (Lipinski definition) is 5. The summed E-state index contributed by atoms with van der Waals surface area (Å²) in [5.41, 5.74) is -1.08. The maximum absolute atomic E-state index is 9.73. The standard InChI is InChI=1S/C14H26O4.C13H20O4.C2H6O/c1-2-4-11-6-7-13-14(10-16,18-11)9-12(17-13)5-3-8-15;1-2-3-10-4-5-12-13(9-15,17-10)8-11(16-12)6-7-14;1-2-3/h11-13,15-16H,2-10H2,1H3;10-12,14-15H,2-5,8-9H2,1H3;3H,2H2,1H3/t11-,12-,13-,14+;10-,11-,12-,13+;/m00./s1. The summed E-state index contributed by atoms with van der Waals surface area (Å²) in [6.07, 6.45) is 13.2. The predicted molar refractivity (Wildman–Crippen MR) is 143 cm³/mol. The van der Waals surface area contributed by atoms with Gasteiger partial charge in [0.25, 0.3) is 0 Å². The molecule has 4 aliphatic heterocycles. The molecule has 0 aromatic carbocycles. The van der Waals surface area contributed by atoms with E-state index >= 15 is 0 Å². The molecule has 0 bridgehead atoms. The van der Waals surface area contributed by atoms with Gasteiger partial charge in [0.2, 0.25) is 0 Å². The molecular formula is C29H52O9. The zero-order valence-electron chi connectivity index (χ0n) is 23.6. The van der Waals surface area contributed by atoms with E-state index in [1.165, 1.54) is 0 Å². The molecular weight excluding hydrogens is 492 g/mol. The van der Waals surface area contributed by atoms with Crippen LogP contribution in [0.25, 0.3) is 0 Å². The number of fused-ring (bicyclic) bond motifs is 2. The van der Waals surface area contributed by atoms with Gasteiger partial charge in [0.05, 0.1) is 43.7 Å². The lowest BCUT2D eigenvalue weighted by Crippen LogP contribution is -2.51. The molecule has 0 aliphatic carbocycles. The molecule has 9 heteroatoms. The number of rotatable bonds is 9. The van der Waals surface area contributed by atoms with E-state index in [4.69, 9.17) is 34.3 Å². The van der Waals surface area contributed by atoms with Crippen LogP contribution in [0.4, 0.5) is 0 Å². The highest BCUT2D eigenvalue weighted by Gasteiger charge is 2.53. The number of aliphatic hydroxyl groups is 5. The fraction of sp³-hybridized carbons (Fsp3) is 0.931. The van der Waals surface area contributed by atoms with Crippen LogP contribution in [-0.4, -0.2) is 99.8 Å². The first-order valence-corrected chi connectivity index (χ1v) is 14.6. The average molecular weight is 545 g/mol. The third-order valence-corrected chi connectivity index (χ3v) is 7.93. The van der Waals surface area contributed by atoms with Crippen LogP contribution in [0.15, 0.2) is 0 Å². The quantitative estimate of drug-likeness (QED) is 0.277. The van der Waals surface area contributed by atoms with Crippen molar-refractivity contribution in [1.29, 1.82) is 0 Å². The maximum Gasteiger partial charge on any atom is 0.125 e. The summed E-state index contributed by atoms with van der Waals surface area (Å²) in [5.74, 6) is 2.60. The molecule has 0 radical (unpaired) electrons. The zero-order chi connectivity index (χ0) is 28.0. The van der Waals surface area contributed by atoms with Gasteiger partial charge in [0.1, 0.15) is 23.4 Å². The highest BCUT2D eigenvalue weighted by atomic mass is 16.6. The van der Waals surface area contributed by atoms with E-state index in [0.717, 1.165) is 70.6 Å². The van der Waals surface area contributed by atoms with Crippen molar-refractivity contribution in [2.45, 2.75) is 146 Å². The Morgan fingerprint density at radius 3 is 1.71 bits per heavy atom. The molecule has 0 unspecified atom stereocenters. The zero-order valence-corrected chi connectivity index (χ0v) is 23.6. The summed E-state index contributed by atoms with van der Waals surface area (Å²) in [5, 5.41) is 44.4. The van der Waals surface area contributed by atoms with Gasteiger partial charge in [-0.15, -0.1) is 0 Å². The molecule has 0 aromatic rings. The van der Waals surface area contributed by atoms with Crippen molar-refractivity contribution in [3.8, 4) is 12.0 Å². The Labute approximate surface area is 228 Å². The lowest BCUT2D eigenvalue weighted by Gasteiger charge is -2.40. The molecule has 222 valence electrons. The van der Waals surface area contributed by atoms with Crippen molar-refractivity contribution < 1.29 is 44.5 Å². The molecule has 0 saturated carbocycles. The van der Waals surface area contributed by atoms with E-state index in [9.17, 15) is 10.2 Å². The molecule has 4 fully saturated rings. The van der Waals surface area contributed by atoms with E-state index in [-0.39, 0.29) is 63.1 Å². The van der Waals surface area contributed by atoms with Crippen LogP contribution in [-0.2, 0) is 18.9 Å². The van der Waals surface area contributed by atoms with Crippen LogP contribution in [0.3, 0.4) is 0 Å². The first kappa shape index (κ1) is 33.2. The van der Waals surface area contributed by atoms with Gasteiger partial charge in [-0.25, -0.2) is 0 Å². The second-order valence-electron chi connectivity index (χ2n) is 10.9. The van der Waals surface area contributed by atoms with E-state index in [2.05, 4.69) is 19.8 Å². The van der Waals surface area contributed by atoms with Crippen LogP contribution in [0.2, 0.25) is 0 Å². The molecule has 4 rings (SSSR count). The Morgan fingerprint density at radius 2 is 1.24 bits per heavy atom. The summed E-state index contributed by atoms with van der Waals surface area (Å²) in [4.78, 5) is 0. The summed E-state index contributed by atoms with van der Waals surface area (Å²) in [7, 11) is 0. The minimum absolute atomic E-state index is 0.0402. The van der Waals surface area contributed by atoms with Crippen molar-refractivity contribution >= 4 is 0 Å². The molecule has 5 N–H and O–H groups in total. The Hall–Kier alpha value is -0.960. The topological polar surface area (TPSA) is 138 Å². The highest BCUT2D eigenvalue weighted by molar-refractivity contribution is 5.11. The second kappa shape index (κ2) is 17.0. The molecule has 4 aliphatic rings. The molecule has 0 amide bonds. The summed E-state index contributed by atoms with van der Waals surface area (Å²) >= 11 is 0. The Morgan fingerprint density at radius 1 is 0.711 bits per heavy atom. The predicted octanol–water partition coefficient (Wildman–Crippen LogP) is 2.81. The highest BCUT2D eigenvalue weighted by Crippen LogP contribution is 2.44. The van der Waals surface area contributed by atoms with Crippen molar-refractivity contribution in [3.63, 3.8) is 0 Å². The van der Waals surface area contributed by atoms with E-state index in [1.54, 1.807) is 6.92 Å². The van der Waals surface area contributed by atoms with Gasteiger partial charge in [-0.3, -0.25) is 0 Å². The SMILES string of the molecule is CCC[C@H]1CC[C@@H]2O[C@@H](C#CO)C[C@]2(CO)O1.CCC[C@H]1CC[C@@H]2O[C@@H](CCCO)C[C@]2(CO)O1.CCO. The first-order valence-electron chi connectivity index (χ1n) is 14.6. The largest absolute Gasteiger partial charge is 0.462 e. The molecule has 38 heavy (non-hydrogen) atoms. The van der Waals surface area contributed by atoms with E-state index in [0.29, 0.717) is 6.42 Å². The van der Waals surface area contributed by atoms with Crippen molar-refractivity contribution in [2.75, 3.05) is 26.4 Å². The normalized spacial score (nSPS) is 37.4. The Bertz CT molecular complexity index is 710. The second-order valence-corrected chi connectivity index (χ2v) is 10.9. The van der Waals surface area contributed by atoms with E-state index in [1.807, 2.05) is 6.11 Å². The van der Waals surface area contributed by atoms with Gasteiger partial charge in [0.15, 0.2) is 0 Å². The summed E-state index contributed by atoms with van der Waals surface area (Å²) < 4.78 is 23.9. The Balaban J connectivity index is 0.000000242. The third kappa shape index (κ3) is 8.77. The lowest BCUT2D eigenvalue weighted by molar-refractivity contribution is -0.183. The van der Waals surface area contributed by atoms with Crippen molar-refractivity contribution in [2.24, 2.45) is 0 Å². The van der Waals surface area contributed by atoms with Gasteiger partial charge in [-0.05, 0) is 64.2 Å². The summed E-state index contributed by atoms with van der Waals surface area (Å²) in [6.45, 7) is 6.44. The van der Waals surface area contributed by atoms with Crippen molar-refractivity contribution in [3.05, 3.63) is 0 Å². The van der Waals surface area contributed by atoms with Crippen LogP contribution < -0.4 is 0 Å². The first-order chi connectivity index (χ1) is 18.4. The van der Waals surface area contributed by atoms with Crippen LogP contribution in [0, 0.1) is 12.0 Å². The van der Waals surface area contributed by atoms with Crippen molar-refractivity contribution in [1.82, 2.24) is 0 Å². The molecule has 8 atom stereocenters. The van der Waals surface area contributed by atoms with Gasteiger partial charge in [0, 0.05) is 26.1 Å². The minimum atomic E-state index is -0.605. The third-order valence-electron chi connectivity index (χ3n) is 7.93. The molecule has 4 heterocycles. The number of aliphatic hydroxyl groups excluding tert-OH is 5. The molecule has 9 nitrogen and oxygen atoms in total. The molecule has 0 aromatic heterocycles.